The summed E-state index contributed by atoms with van der Waals surface area (Å²) in [6.45, 7) is 6.37. The van der Waals surface area contributed by atoms with Crippen molar-refractivity contribution in [2.45, 2.75) is 239 Å². The summed E-state index contributed by atoms with van der Waals surface area (Å²) in [7, 11) is 0. The van der Waals surface area contributed by atoms with E-state index in [-0.39, 0.29) is 31.1 Å². The number of esters is 3. The van der Waals surface area contributed by atoms with Gasteiger partial charge in [-0.15, -0.1) is 0 Å². The predicted octanol–water partition coefficient (Wildman–Crippen LogP) is 19.0. The van der Waals surface area contributed by atoms with Gasteiger partial charge >= 0.3 is 17.9 Å². The van der Waals surface area contributed by atoms with Gasteiger partial charge in [0, 0.05) is 19.3 Å². The van der Waals surface area contributed by atoms with E-state index in [1.54, 1.807) is 0 Å². The topological polar surface area (TPSA) is 78.9 Å². The van der Waals surface area contributed by atoms with Crippen LogP contribution in [0.15, 0.2) is 134 Å². The van der Waals surface area contributed by atoms with Crippen molar-refractivity contribution in [3.05, 3.63) is 134 Å². The van der Waals surface area contributed by atoms with Crippen molar-refractivity contribution < 1.29 is 28.6 Å². The largest absolute Gasteiger partial charge is 0.462 e. The summed E-state index contributed by atoms with van der Waals surface area (Å²) in [5, 5.41) is 0. The number of hydrogen-bond donors (Lipinski definition) is 0. The van der Waals surface area contributed by atoms with E-state index in [9.17, 15) is 14.4 Å². The number of allylic oxidation sites excluding steroid dienone is 22. The monoisotopic (exact) mass is 967 g/mol. The number of hydrogen-bond acceptors (Lipinski definition) is 6. The third kappa shape index (κ3) is 54.5. The molecule has 70 heavy (non-hydrogen) atoms. The van der Waals surface area contributed by atoms with Gasteiger partial charge in [-0.05, 0) is 116 Å². The van der Waals surface area contributed by atoms with Crippen LogP contribution in [0.1, 0.15) is 233 Å². The molecule has 6 heteroatoms. The van der Waals surface area contributed by atoms with Crippen LogP contribution in [0.4, 0.5) is 0 Å². The van der Waals surface area contributed by atoms with Gasteiger partial charge in [0.1, 0.15) is 13.2 Å². The first-order valence-corrected chi connectivity index (χ1v) is 28.2. The Labute approximate surface area is 430 Å². The molecule has 0 N–H and O–H groups in total. The summed E-state index contributed by atoms with van der Waals surface area (Å²) in [4.78, 5) is 37.9. The molecule has 0 aromatic heterocycles. The Bertz CT molecular complexity index is 1530. The van der Waals surface area contributed by atoms with Gasteiger partial charge in [0.25, 0.3) is 0 Å². The maximum absolute atomic E-state index is 12.8. The van der Waals surface area contributed by atoms with E-state index < -0.39 is 6.10 Å². The van der Waals surface area contributed by atoms with E-state index in [1.165, 1.54) is 38.5 Å². The summed E-state index contributed by atoms with van der Waals surface area (Å²) in [6.07, 6.45) is 80.3. The van der Waals surface area contributed by atoms with E-state index in [1.807, 2.05) is 0 Å². The molecule has 0 saturated carbocycles. The highest BCUT2D eigenvalue weighted by Crippen LogP contribution is 2.13. The van der Waals surface area contributed by atoms with Gasteiger partial charge in [0.05, 0.1) is 0 Å². The molecule has 0 aliphatic heterocycles. The number of unbranched alkanes of at least 4 members (excludes halogenated alkanes) is 16. The minimum absolute atomic E-state index is 0.0971. The van der Waals surface area contributed by atoms with Gasteiger partial charge in [0.2, 0.25) is 0 Å². The van der Waals surface area contributed by atoms with Crippen molar-refractivity contribution >= 4 is 17.9 Å². The standard InChI is InChI=1S/C64H102O6/c1-4-7-10-13-16-19-21-23-24-25-26-27-28-29-30-31-32-33-34-35-36-37-38-39-40-42-43-45-48-51-54-57-63(66)69-60-61(59-68-62(65)56-53-50-47-18-15-12-9-6-3)70-64(67)58-55-52-49-46-44-41-22-20-17-14-11-8-5-2/h7,10-11,14,16,19-20,22-24,26-27,29-30,32-33,35-36,38-39,42-43,61H,4-6,8-9,12-13,15,17-18,21,25,28,31,34,37,40-41,44-60H2,1-3H3/b10-7-,14-11-,19-16-,22-20-,24-23-,27-26-,30-29-,33-32-,36-35-,39-38-,43-42-. The maximum Gasteiger partial charge on any atom is 0.306 e. The summed E-state index contributed by atoms with van der Waals surface area (Å²) >= 11 is 0. The number of carbonyl (C=O) groups excluding carboxylic acids is 3. The molecule has 1 atom stereocenters. The van der Waals surface area contributed by atoms with E-state index in [0.717, 1.165) is 154 Å². The second kappa shape index (κ2) is 57.1. The molecule has 0 aromatic carbocycles. The van der Waals surface area contributed by atoms with Crippen LogP contribution < -0.4 is 0 Å². The first-order valence-electron chi connectivity index (χ1n) is 28.2. The second-order valence-corrected chi connectivity index (χ2v) is 18.1. The van der Waals surface area contributed by atoms with Crippen LogP contribution in [0.3, 0.4) is 0 Å². The zero-order chi connectivity index (χ0) is 50.7. The molecule has 1 unspecified atom stereocenters. The van der Waals surface area contributed by atoms with Crippen molar-refractivity contribution in [2.75, 3.05) is 13.2 Å². The predicted molar refractivity (Wildman–Crippen MR) is 302 cm³/mol. The Balaban J connectivity index is 4.28. The Morgan fingerprint density at radius 1 is 0.300 bits per heavy atom. The number of ether oxygens (including phenoxy) is 3. The van der Waals surface area contributed by atoms with Crippen LogP contribution in [0.2, 0.25) is 0 Å². The summed E-state index contributed by atoms with van der Waals surface area (Å²) in [6, 6.07) is 0. The lowest BCUT2D eigenvalue weighted by atomic mass is 10.1. The SMILES string of the molecule is CC/C=C\C/C=C\C/C=C\C/C=C\C/C=C\C/C=C\C/C=C\C/C=C\C/C=C\CCCCCC(=O)OCC(COC(=O)CCCCCCCCCC)OC(=O)CCCCCCC/C=C\C/C=C\CCC. The lowest BCUT2D eigenvalue weighted by Crippen LogP contribution is -2.30. The summed E-state index contributed by atoms with van der Waals surface area (Å²) < 4.78 is 16.7. The average Bonchev–Trinajstić information content (AvgIpc) is 3.36. The third-order valence-electron chi connectivity index (χ3n) is 11.4. The molecule has 0 rings (SSSR count). The Kier molecular flexibility index (Phi) is 53.5. The van der Waals surface area contributed by atoms with E-state index in [0.29, 0.717) is 19.3 Å². The molecule has 394 valence electrons. The van der Waals surface area contributed by atoms with Crippen molar-refractivity contribution in [3.63, 3.8) is 0 Å². The van der Waals surface area contributed by atoms with Gasteiger partial charge in [-0.2, -0.15) is 0 Å². The second-order valence-electron chi connectivity index (χ2n) is 18.1. The minimum Gasteiger partial charge on any atom is -0.462 e. The quantitative estimate of drug-likeness (QED) is 0.0262. The van der Waals surface area contributed by atoms with Gasteiger partial charge < -0.3 is 14.2 Å². The van der Waals surface area contributed by atoms with Crippen molar-refractivity contribution in [1.29, 1.82) is 0 Å². The maximum atomic E-state index is 12.8. The van der Waals surface area contributed by atoms with Crippen LogP contribution in [-0.2, 0) is 28.6 Å². The first kappa shape index (κ1) is 65.5. The molecule has 0 aromatic rings. The lowest BCUT2D eigenvalue weighted by molar-refractivity contribution is -0.167. The average molecular weight is 968 g/mol. The molecule has 6 nitrogen and oxygen atoms in total. The Morgan fingerprint density at radius 2 is 0.586 bits per heavy atom. The minimum atomic E-state index is -0.800. The molecule has 0 amide bonds. The first-order chi connectivity index (χ1) is 34.5. The highest BCUT2D eigenvalue weighted by molar-refractivity contribution is 5.71. The molecular formula is C64H102O6. The van der Waals surface area contributed by atoms with Gasteiger partial charge in [-0.25, -0.2) is 0 Å². The third-order valence-corrected chi connectivity index (χ3v) is 11.4. The normalized spacial score (nSPS) is 13.1. The molecule has 0 heterocycles. The zero-order valence-corrected chi connectivity index (χ0v) is 45.0. The molecular weight excluding hydrogens is 865 g/mol. The van der Waals surface area contributed by atoms with Crippen LogP contribution in [0.25, 0.3) is 0 Å². The molecule has 0 bridgehead atoms. The van der Waals surface area contributed by atoms with E-state index in [2.05, 4.69) is 154 Å². The van der Waals surface area contributed by atoms with Crippen LogP contribution in [-0.4, -0.2) is 37.2 Å². The van der Waals surface area contributed by atoms with Crippen molar-refractivity contribution in [2.24, 2.45) is 0 Å². The van der Waals surface area contributed by atoms with Gasteiger partial charge in [-0.1, -0.05) is 231 Å². The van der Waals surface area contributed by atoms with Crippen molar-refractivity contribution in [1.82, 2.24) is 0 Å². The van der Waals surface area contributed by atoms with Crippen molar-refractivity contribution in [3.8, 4) is 0 Å². The Hall–Kier alpha value is -4.45. The van der Waals surface area contributed by atoms with Crippen LogP contribution in [0.5, 0.6) is 0 Å². The fourth-order valence-electron chi connectivity index (χ4n) is 7.18. The molecule has 0 aliphatic rings. The molecule has 0 radical (unpaired) electrons. The molecule has 0 fully saturated rings. The summed E-state index contributed by atoms with van der Waals surface area (Å²) in [5.41, 5.74) is 0. The Morgan fingerprint density at radius 3 is 0.943 bits per heavy atom. The fourth-order valence-corrected chi connectivity index (χ4v) is 7.18. The van der Waals surface area contributed by atoms with Gasteiger partial charge in [-0.3, -0.25) is 14.4 Å². The summed E-state index contributed by atoms with van der Waals surface area (Å²) in [5.74, 6) is -0.958. The fraction of sp³-hybridized carbons (Fsp3) is 0.609. The molecule has 0 spiro atoms. The highest BCUT2D eigenvalue weighted by atomic mass is 16.6. The number of rotatable bonds is 49. The highest BCUT2D eigenvalue weighted by Gasteiger charge is 2.19. The van der Waals surface area contributed by atoms with Crippen LogP contribution in [0, 0.1) is 0 Å². The lowest BCUT2D eigenvalue weighted by Gasteiger charge is -2.18. The molecule has 0 aliphatic carbocycles. The van der Waals surface area contributed by atoms with E-state index in [4.69, 9.17) is 14.2 Å². The smallest absolute Gasteiger partial charge is 0.306 e. The van der Waals surface area contributed by atoms with Crippen LogP contribution >= 0.6 is 0 Å². The zero-order valence-electron chi connectivity index (χ0n) is 45.0. The van der Waals surface area contributed by atoms with Gasteiger partial charge in [0.15, 0.2) is 6.10 Å². The molecule has 0 saturated heterocycles. The number of carbonyl (C=O) groups is 3. The van der Waals surface area contributed by atoms with E-state index >= 15 is 0 Å².